The molecule has 1 aromatic heterocycles. The van der Waals surface area contributed by atoms with Crippen LogP contribution in [0.4, 0.5) is 0 Å². The molecule has 2 N–H and O–H groups in total. The number of nitrogens with one attached hydrogen (secondary N) is 2. The summed E-state index contributed by atoms with van der Waals surface area (Å²) in [6, 6.07) is 3.55. The second kappa shape index (κ2) is 9.29. The number of morpholine rings is 1. The molecule has 2 amide bonds. The third kappa shape index (κ3) is 5.34. The van der Waals surface area contributed by atoms with Gasteiger partial charge >= 0.3 is 11.8 Å². The molecule has 128 valence electrons. The van der Waals surface area contributed by atoms with Gasteiger partial charge in [-0.25, -0.2) is 0 Å². The molecular formula is C15H23N3O5. The second-order valence-corrected chi connectivity index (χ2v) is 5.14. The van der Waals surface area contributed by atoms with Crippen LogP contribution in [0.2, 0.25) is 0 Å². The van der Waals surface area contributed by atoms with Crippen molar-refractivity contribution in [3.8, 4) is 0 Å². The molecule has 2 rings (SSSR count). The van der Waals surface area contributed by atoms with Crippen LogP contribution in [0.3, 0.4) is 0 Å². The Kier molecular flexibility index (Phi) is 7.05. The molecule has 1 fully saturated rings. The Balaban J connectivity index is 1.88. The van der Waals surface area contributed by atoms with Crippen molar-refractivity contribution < 1.29 is 23.5 Å². The second-order valence-electron chi connectivity index (χ2n) is 5.14. The van der Waals surface area contributed by atoms with Crippen molar-refractivity contribution in [2.75, 3.05) is 53.1 Å². The molecular weight excluding hydrogens is 302 g/mol. The van der Waals surface area contributed by atoms with Gasteiger partial charge in [-0.1, -0.05) is 0 Å². The van der Waals surface area contributed by atoms with Crippen molar-refractivity contribution in [2.24, 2.45) is 0 Å². The van der Waals surface area contributed by atoms with Crippen LogP contribution in [0.5, 0.6) is 0 Å². The van der Waals surface area contributed by atoms with Crippen LogP contribution in [0.25, 0.3) is 0 Å². The zero-order valence-electron chi connectivity index (χ0n) is 13.2. The lowest BCUT2D eigenvalue weighted by Gasteiger charge is -2.33. The molecule has 1 aliphatic heterocycles. The average Bonchev–Trinajstić information content (AvgIpc) is 3.10. The van der Waals surface area contributed by atoms with Crippen molar-refractivity contribution >= 4 is 11.8 Å². The van der Waals surface area contributed by atoms with E-state index in [1.807, 2.05) is 12.1 Å². The molecule has 1 atom stereocenters. The lowest BCUT2D eigenvalue weighted by atomic mass is 10.1. The SMILES string of the molecule is COCCNC(=O)C(=O)NCC(c1ccco1)N1CCOCC1. The number of ether oxygens (including phenoxy) is 2. The van der Waals surface area contributed by atoms with Crippen LogP contribution in [0.1, 0.15) is 11.8 Å². The fraction of sp³-hybridized carbons (Fsp3) is 0.600. The highest BCUT2D eigenvalue weighted by Crippen LogP contribution is 2.21. The van der Waals surface area contributed by atoms with Crippen LogP contribution in [0, 0.1) is 0 Å². The lowest BCUT2D eigenvalue weighted by Crippen LogP contribution is -2.47. The third-order valence-electron chi connectivity index (χ3n) is 3.61. The topological polar surface area (TPSA) is 93.0 Å². The number of methoxy groups -OCH3 is 1. The molecule has 0 radical (unpaired) electrons. The van der Waals surface area contributed by atoms with E-state index in [0.29, 0.717) is 32.9 Å². The minimum Gasteiger partial charge on any atom is -0.468 e. The fourth-order valence-electron chi connectivity index (χ4n) is 2.40. The van der Waals surface area contributed by atoms with Gasteiger partial charge in [0.05, 0.1) is 32.1 Å². The highest BCUT2D eigenvalue weighted by molar-refractivity contribution is 6.35. The summed E-state index contributed by atoms with van der Waals surface area (Å²) in [6.07, 6.45) is 1.60. The van der Waals surface area contributed by atoms with Crippen molar-refractivity contribution in [2.45, 2.75) is 6.04 Å². The number of hydrogen-bond acceptors (Lipinski definition) is 6. The third-order valence-corrected chi connectivity index (χ3v) is 3.61. The highest BCUT2D eigenvalue weighted by Gasteiger charge is 2.26. The van der Waals surface area contributed by atoms with Gasteiger partial charge in [-0.15, -0.1) is 0 Å². The largest absolute Gasteiger partial charge is 0.468 e. The van der Waals surface area contributed by atoms with Crippen molar-refractivity contribution in [1.29, 1.82) is 0 Å². The zero-order chi connectivity index (χ0) is 16.5. The summed E-state index contributed by atoms with van der Waals surface area (Å²) in [6.45, 7) is 3.74. The van der Waals surface area contributed by atoms with Crippen LogP contribution in [0.15, 0.2) is 22.8 Å². The summed E-state index contributed by atoms with van der Waals surface area (Å²) < 4.78 is 15.6. The van der Waals surface area contributed by atoms with E-state index in [2.05, 4.69) is 15.5 Å². The number of furan rings is 1. The first-order chi connectivity index (χ1) is 11.2. The van der Waals surface area contributed by atoms with Crippen LogP contribution in [-0.2, 0) is 19.1 Å². The van der Waals surface area contributed by atoms with Gasteiger partial charge in [0.25, 0.3) is 0 Å². The predicted octanol–water partition coefficient (Wildman–Crippen LogP) is -0.468. The molecule has 0 saturated carbocycles. The van der Waals surface area contributed by atoms with Gasteiger partial charge in [-0.2, -0.15) is 0 Å². The Morgan fingerprint density at radius 3 is 2.70 bits per heavy atom. The Labute approximate surface area is 135 Å². The first-order valence-electron chi connectivity index (χ1n) is 7.62. The van der Waals surface area contributed by atoms with Crippen LogP contribution < -0.4 is 10.6 Å². The Hall–Kier alpha value is -1.90. The monoisotopic (exact) mass is 325 g/mol. The summed E-state index contributed by atoms with van der Waals surface area (Å²) in [5.41, 5.74) is 0. The first-order valence-corrected chi connectivity index (χ1v) is 7.62. The van der Waals surface area contributed by atoms with Crippen molar-refractivity contribution in [3.05, 3.63) is 24.2 Å². The van der Waals surface area contributed by atoms with Gasteiger partial charge in [-0.3, -0.25) is 14.5 Å². The highest BCUT2D eigenvalue weighted by atomic mass is 16.5. The number of nitrogens with zero attached hydrogens (tertiary/aromatic N) is 1. The van der Waals surface area contributed by atoms with E-state index in [1.165, 1.54) is 7.11 Å². The van der Waals surface area contributed by atoms with E-state index in [0.717, 1.165) is 18.8 Å². The quantitative estimate of drug-likeness (QED) is 0.520. The Morgan fingerprint density at radius 1 is 1.30 bits per heavy atom. The zero-order valence-corrected chi connectivity index (χ0v) is 13.2. The van der Waals surface area contributed by atoms with Gasteiger partial charge in [0.2, 0.25) is 0 Å². The maximum Gasteiger partial charge on any atom is 0.309 e. The number of amides is 2. The van der Waals surface area contributed by atoms with Gasteiger partial charge in [0.15, 0.2) is 0 Å². The number of carbonyl (C=O) groups excluding carboxylic acids is 2. The van der Waals surface area contributed by atoms with Crippen LogP contribution >= 0.6 is 0 Å². The van der Waals surface area contributed by atoms with Crippen molar-refractivity contribution in [1.82, 2.24) is 15.5 Å². The van der Waals surface area contributed by atoms with Gasteiger partial charge in [0.1, 0.15) is 5.76 Å². The number of hydrogen-bond donors (Lipinski definition) is 2. The van der Waals surface area contributed by atoms with Gasteiger partial charge in [-0.05, 0) is 12.1 Å². The normalized spacial score (nSPS) is 16.7. The van der Waals surface area contributed by atoms with E-state index < -0.39 is 11.8 Å². The van der Waals surface area contributed by atoms with E-state index in [-0.39, 0.29) is 6.04 Å². The van der Waals surface area contributed by atoms with E-state index in [9.17, 15) is 9.59 Å². The number of rotatable bonds is 7. The minimum atomic E-state index is -0.665. The molecule has 1 aliphatic rings. The molecule has 0 aliphatic carbocycles. The maximum absolute atomic E-state index is 11.9. The average molecular weight is 325 g/mol. The summed E-state index contributed by atoms with van der Waals surface area (Å²) in [5, 5.41) is 5.15. The van der Waals surface area contributed by atoms with E-state index >= 15 is 0 Å². The smallest absolute Gasteiger partial charge is 0.309 e. The summed E-state index contributed by atoms with van der Waals surface area (Å²) in [4.78, 5) is 25.7. The van der Waals surface area contributed by atoms with E-state index in [1.54, 1.807) is 6.26 Å². The molecule has 2 heterocycles. The maximum atomic E-state index is 11.9. The molecule has 0 aromatic carbocycles. The first kappa shape index (κ1) is 17.5. The molecule has 1 saturated heterocycles. The summed E-state index contributed by atoms with van der Waals surface area (Å²) in [5.74, 6) is -0.569. The van der Waals surface area contributed by atoms with Gasteiger partial charge < -0.3 is 24.5 Å². The molecule has 1 aromatic rings. The standard InChI is InChI=1S/C15H23N3O5/c1-21-8-4-16-14(19)15(20)17-11-12(13-3-2-7-23-13)18-5-9-22-10-6-18/h2-3,7,12H,4-6,8-11H2,1H3,(H,16,19)(H,17,20). The molecule has 0 bridgehead atoms. The molecule has 1 unspecified atom stereocenters. The molecule has 8 heteroatoms. The van der Waals surface area contributed by atoms with Crippen molar-refractivity contribution in [3.63, 3.8) is 0 Å². The number of carbonyl (C=O) groups is 2. The molecule has 8 nitrogen and oxygen atoms in total. The Morgan fingerprint density at radius 2 is 2.04 bits per heavy atom. The molecule has 23 heavy (non-hydrogen) atoms. The van der Waals surface area contributed by atoms with Gasteiger partial charge in [0, 0.05) is 33.3 Å². The van der Waals surface area contributed by atoms with Crippen LogP contribution in [-0.4, -0.2) is 69.8 Å². The fourth-order valence-corrected chi connectivity index (χ4v) is 2.40. The molecule has 0 spiro atoms. The van der Waals surface area contributed by atoms with E-state index in [4.69, 9.17) is 13.9 Å². The minimum absolute atomic E-state index is 0.121. The summed E-state index contributed by atoms with van der Waals surface area (Å²) >= 11 is 0. The predicted molar refractivity (Wildman–Crippen MR) is 81.7 cm³/mol. The summed E-state index contributed by atoms with van der Waals surface area (Å²) in [7, 11) is 1.53. The Bertz CT molecular complexity index is 485. The lowest BCUT2D eigenvalue weighted by molar-refractivity contribution is -0.139.